The van der Waals surface area contributed by atoms with E-state index < -0.39 is 17.8 Å². The van der Waals surface area contributed by atoms with Gasteiger partial charge in [-0.1, -0.05) is 18.2 Å². The quantitative estimate of drug-likeness (QED) is 0.759. The van der Waals surface area contributed by atoms with E-state index >= 15 is 0 Å². The van der Waals surface area contributed by atoms with E-state index in [9.17, 15) is 14.0 Å². The van der Waals surface area contributed by atoms with Crippen molar-refractivity contribution < 1.29 is 18.7 Å². The minimum absolute atomic E-state index is 0.113. The zero-order chi connectivity index (χ0) is 17.7. The number of carbonyl (C=O) groups excluding carboxylic acids is 2. The predicted octanol–water partition coefficient (Wildman–Crippen LogP) is 2.40. The lowest BCUT2D eigenvalue weighted by Gasteiger charge is -2.15. The number of aromatic nitrogens is 1. The van der Waals surface area contributed by atoms with Crippen LogP contribution >= 0.6 is 0 Å². The first-order valence-electron chi connectivity index (χ1n) is 7.62. The number of halogens is 1. The van der Waals surface area contributed by atoms with Gasteiger partial charge in [0.15, 0.2) is 5.75 Å². The molecule has 6 nitrogen and oxygen atoms in total. The fourth-order valence-electron chi connectivity index (χ4n) is 2.26. The summed E-state index contributed by atoms with van der Waals surface area (Å²) in [5.41, 5.74) is 0.675. The normalized spacial score (nSPS) is 11.7. The van der Waals surface area contributed by atoms with Crippen LogP contribution in [0.4, 0.5) is 4.39 Å². The van der Waals surface area contributed by atoms with Gasteiger partial charge in [-0.05, 0) is 19.9 Å². The molecule has 0 saturated carbocycles. The van der Waals surface area contributed by atoms with Crippen molar-refractivity contribution in [1.29, 1.82) is 0 Å². The molecule has 7 heteroatoms. The highest BCUT2D eigenvalue weighted by atomic mass is 19.1. The van der Waals surface area contributed by atoms with Crippen molar-refractivity contribution in [3.63, 3.8) is 0 Å². The molecule has 2 aromatic rings. The number of rotatable bonds is 6. The van der Waals surface area contributed by atoms with Crippen molar-refractivity contribution in [3.8, 4) is 5.75 Å². The van der Waals surface area contributed by atoms with Crippen LogP contribution in [0.1, 0.15) is 46.5 Å². The van der Waals surface area contributed by atoms with Crippen LogP contribution in [-0.2, 0) is 0 Å². The van der Waals surface area contributed by atoms with Gasteiger partial charge < -0.3 is 20.4 Å². The number of aromatic amines is 1. The smallest absolute Gasteiger partial charge is 0.271 e. The van der Waals surface area contributed by atoms with Gasteiger partial charge in [0.1, 0.15) is 23.3 Å². The molecule has 24 heavy (non-hydrogen) atoms. The number of benzene rings is 1. The summed E-state index contributed by atoms with van der Waals surface area (Å²) in [6.45, 7) is 3.91. The van der Waals surface area contributed by atoms with Crippen molar-refractivity contribution in [1.82, 2.24) is 15.6 Å². The Morgan fingerprint density at radius 1 is 1.29 bits per heavy atom. The highest BCUT2D eigenvalue weighted by Crippen LogP contribution is 2.27. The van der Waals surface area contributed by atoms with Crippen molar-refractivity contribution >= 4 is 11.8 Å². The van der Waals surface area contributed by atoms with Gasteiger partial charge in [0, 0.05) is 25.2 Å². The van der Waals surface area contributed by atoms with Gasteiger partial charge in [-0.15, -0.1) is 0 Å². The molecular weight excluding hydrogens is 313 g/mol. The molecule has 1 atom stereocenters. The van der Waals surface area contributed by atoms with Crippen molar-refractivity contribution in [2.75, 3.05) is 13.6 Å². The molecular formula is C17H20FN3O3. The Kier molecular flexibility index (Phi) is 5.57. The van der Waals surface area contributed by atoms with Gasteiger partial charge in [0.05, 0.1) is 0 Å². The van der Waals surface area contributed by atoms with Gasteiger partial charge in [0.2, 0.25) is 0 Å². The minimum Gasteiger partial charge on any atom is -0.483 e. The summed E-state index contributed by atoms with van der Waals surface area (Å²) in [5.74, 6) is -0.991. The Labute approximate surface area is 139 Å². The second-order valence-corrected chi connectivity index (χ2v) is 5.14. The topological polar surface area (TPSA) is 83.2 Å². The molecule has 0 aliphatic carbocycles. The van der Waals surface area contributed by atoms with Crippen LogP contribution < -0.4 is 15.4 Å². The van der Waals surface area contributed by atoms with Crippen molar-refractivity contribution in [3.05, 3.63) is 53.1 Å². The van der Waals surface area contributed by atoms with Crippen LogP contribution in [0.25, 0.3) is 0 Å². The van der Waals surface area contributed by atoms with Crippen LogP contribution in [0.3, 0.4) is 0 Å². The third kappa shape index (κ3) is 3.73. The van der Waals surface area contributed by atoms with Crippen molar-refractivity contribution in [2.24, 2.45) is 0 Å². The summed E-state index contributed by atoms with van der Waals surface area (Å²) in [7, 11) is 1.47. The molecule has 1 aromatic heterocycles. The van der Waals surface area contributed by atoms with E-state index in [-0.39, 0.29) is 23.0 Å². The van der Waals surface area contributed by atoms with Crippen molar-refractivity contribution in [2.45, 2.75) is 20.0 Å². The van der Waals surface area contributed by atoms with E-state index in [4.69, 9.17) is 4.74 Å². The maximum absolute atomic E-state index is 13.9. The summed E-state index contributed by atoms with van der Waals surface area (Å²) in [5, 5.41) is 5.11. The lowest BCUT2D eigenvalue weighted by Crippen LogP contribution is -2.23. The van der Waals surface area contributed by atoms with Crippen LogP contribution in [-0.4, -0.2) is 30.4 Å². The zero-order valence-corrected chi connectivity index (χ0v) is 13.8. The maximum Gasteiger partial charge on any atom is 0.271 e. The molecule has 0 aliphatic heterocycles. The minimum atomic E-state index is -0.632. The molecule has 0 saturated heterocycles. The SMILES string of the molecule is CCNC(=O)c1cc(O[C@@H](C)c2ccccc2F)c(C(=O)NC)[nH]1. The van der Waals surface area contributed by atoms with Gasteiger partial charge in [-0.25, -0.2) is 4.39 Å². The number of hydrogen-bond donors (Lipinski definition) is 3. The molecule has 0 bridgehead atoms. The summed E-state index contributed by atoms with van der Waals surface area (Å²) < 4.78 is 19.6. The third-order valence-electron chi connectivity index (χ3n) is 3.46. The first-order valence-corrected chi connectivity index (χ1v) is 7.62. The fraction of sp³-hybridized carbons (Fsp3) is 0.294. The molecule has 1 heterocycles. The predicted molar refractivity (Wildman–Crippen MR) is 87.6 cm³/mol. The maximum atomic E-state index is 13.9. The molecule has 0 unspecified atom stereocenters. The van der Waals surface area contributed by atoms with Gasteiger partial charge in [-0.2, -0.15) is 0 Å². The van der Waals surface area contributed by atoms with Gasteiger partial charge >= 0.3 is 0 Å². The molecule has 0 spiro atoms. The van der Waals surface area contributed by atoms with E-state index in [1.54, 1.807) is 32.0 Å². The Bertz CT molecular complexity index is 742. The standard InChI is InChI=1S/C17H20FN3O3/c1-4-20-16(22)13-9-14(15(21-13)17(23)19-3)24-10(2)11-7-5-6-8-12(11)18/h5-10,21H,4H2,1-3H3,(H,19,23)(H,20,22)/t10-/m0/s1. The van der Waals surface area contributed by atoms with Crippen LogP contribution in [0.5, 0.6) is 5.75 Å². The van der Waals surface area contributed by atoms with Gasteiger partial charge in [-0.3, -0.25) is 9.59 Å². The van der Waals surface area contributed by atoms with Crippen LogP contribution in [0.2, 0.25) is 0 Å². The van der Waals surface area contributed by atoms with Crippen LogP contribution in [0.15, 0.2) is 30.3 Å². The second-order valence-electron chi connectivity index (χ2n) is 5.14. The van der Waals surface area contributed by atoms with E-state index in [1.165, 1.54) is 19.2 Å². The van der Waals surface area contributed by atoms with Gasteiger partial charge in [0.25, 0.3) is 11.8 Å². The molecule has 2 amide bonds. The van der Waals surface area contributed by atoms with E-state index in [2.05, 4.69) is 15.6 Å². The van der Waals surface area contributed by atoms with E-state index in [0.717, 1.165) is 0 Å². The third-order valence-corrected chi connectivity index (χ3v) is 3.46. The number of carbonyl (C=O) groups is 2. The fourth-order valence-corrected chi connectivity index (χ4v) is 2.26. The summed E-state index contributed by atoms with van der Waals surface area (Å²) in [6.07, 6.45) is -0.632. The number of H-pyrrole nitrogens is 1. The Morgan fingerprint density at radius 3 is 2.62 bits per heavy atom. The number of ether oxygens (including phenoxy) is 1. The average molecular weight is 333 g/mol. The monoisotopic (exact) mass is 333 g/mol. The molecule has 0 aliphatic rings. The first-order chi connectivity index (χ1) is 11.5. The lowest BCUT2D eigenvalue weighted by molar-refractivity contribution is 0.0951. The summed E-state index contributed by atoms with van der Waals surface area (Å²) >= 11 is 0. The molecule has 1 aromatic carbocycles. The average Bonchev–Trinajstić information content (AvgIpc) is 2.98. The molecule has 0 fully saturated rings. The summed E-state index contributed by atoms with van der Waals surface area (Å²) in [6, 6.07) is 7.68. The Morgan fingerprint density at radius 2 is 2.00 bits per heavy atom. The lowest BCUT2D eigenvalue weighted by atomic mass is 10.1. The second kappa shape index (κ2) is 7.63. The zero-order valence-electron chi connectivity index (χ0n) is 13.8. The Hall–Kier alpha value is -2.83. The largest absolute Gasteiger partial charge is 0.483 e. The molecule has 2 rings (SSSR count). The van der Waals surface area contributed by atoms with E-state index in [1.807, 2.05) is 0 Å². The molecule has 3 N–H and O–H groups in total. The van der Waals surface area contributed by atoms with E-state index in [0.29, 0.717) is 12.1 Å². The first kappa shape index (κ1) is 17.5. The highest BCUT2D eigenvalue weighted by Gasteiger charge is 2.22. The Balaban J connectivity index is 2.32. The molecule has 0 radical (unpaired) electrons. The number of hydrogen-bond acceptors (Lipinski definition) is 3. The highest BCUT2D eigenvalue weighted by molar-refractivity contribution is 5.99. The number of amides is 2. The van der Waals surface area contributed by atoms with Crippen LogP contribution in [0, 0.1) is 5.82 Å². The summed E-state index contributed by atoms with van der Waals surface area (Å²) in [4.78, 5) is 26.7. The molecule has 128 valence electrons. The number of nitrogens with one attached hydrogen (secondary N) is 3.